The van der Waals surface area contributed by atoms with Crippen LogP contribution in [-0.4, -0.2) is 30.4 Å². The molecule has 0 aliphatic carbocycles. The summed E-state index contributed by atoms with van der Waals surface area (Å²) >= 11 is 1.69. The number of nitrogens with one attached hydrogen (secondary N) is 1. The van der Waals surface area contributed by atoms with E-state index in [0.29, 0.717) is 6.42 Å². The number of carbonyl (C=O) groups is 1. The van der Waals surface area contributed by atoms with Gasteiger partial charge in [0.2, 0.25) is 0 Å². The highest BCUT2D eigenvalue weighted by atomic mass is 32.2. The van der Waals surface area contributed by atoms with Gasteiger partial charge in [0.15, 0.2) is 0 Å². The van der Waals surface area contributed by atoms with E-state index in [1.54, 1.807) is 11.8 Å². The Bertz CT molecular complexity index is 416. The molecule has 0 amide bonds. The maximum absolute atomic E-state index is 11.4. The predicted molar refractivity (Wildman–Crippen MR) is 74.0 cm³/mol. The van der Waals surface area contributed by atoms with Gasteiger partial charge in [-0.1, -0.05) is 12.1 Å². The van der Waals surface area contributed by atoms with Gasteiger partial charge in [0.25, 0.3) is 0 Å². The summed E-state index contributed by atoms with van der Waals surface area (Å²) < 4.78 is 0. The van der Waals surface area contributed by atoms with Crippen LogP contribution in [0, 0.1) is 11.8 Å². The minimum Gasteiger partial charge on any atom is -0.481 e. The average Bonchev–Trinajstić information content (AvgIpc) is 2.89. The number of hydrogen-bond acceptors (Lipinski definition) is 3. The highest BCUT2D eigenvalue weighted by molar-refractivity contribution is 7.98. The lowest BCUT2D eigenvalue weighted by atomic mass is 9.86. The summed E-state index contributed by atoms with van der Waals surface area (Å²) in [6.45, 7) is 1.78. The van der Waals surface area contributed by atoms with Crippen molar-refractivity contribution in [2.45, 2.75) is 17.7 Å². The second kappa shape index (κ2) is 6.25. The van der Waals surface area contributed by atoms with Crippen LogP contribution in [0.1, 0.15) is 12.0 Å². The smallest absolute Gasteiger partial charge is 0.307 e. The first-order valence-corrected chi connectivity index (χ1v) is 7.49. The minimum atomic E-state index is -0.668. The summed E-state index contributed by atoms with van der Waals surface area (Å²) in [4.78, 5) is 12.6. The van der Waals surface area contributed by atoms with Crippen molar-refractivity contribution in [1.29, 1.82) is 0 Å². The van der Waals surface area contributed by atoms with Gasteiger partial charge in [-0.05, 0) is 55.8 Å². The number of carboxylic acid groups (broad SMARTS) is 1. The lowest BCUT2D eigenvalue weighted by Gasteiger charge is -2.18. The van der Waals surface area contributed by atoms with E-state index in [0.717, 1.165) is 25.1 Å². The molecule has 2 N–H and O–H groups in total. The molecule has 1 aromatic rings. The van der Waals surface area contributed by atoms with Crippen molar-refractivity contribution in [1.82, 2.24) is 5.32 Å². The summed E-state index contributed by atoms with van der Waals surface area (Å²) in [6.07, 6.45) is 3.64. The minimum absolute atomic E-state index is 0.264. The first-order valence-electron chi connectivity index (χ1n) is 6.27. The molecule has 2 unspecified atom stereocenters. The molecule has 2 rings (SSSR count). The van der Waals surface area contributed by atoms with Gasteiger partial charge in [-0.3, -0.25) is 4.79 Å². The number of carboxylic acids is 1. The maximum Gasteiger partial charge on any atom is 0.307 e. The van der Waals surface area contributed by atoms with Gasteiger partial charge in [-0.2, -0.15) is 0 Å². The van der Waals surface area contributed by atoms with Gasteiger partial charge in [0, 0.05) is 4.90 Å². The Hall–Kier alpha value is -1.00. The van der Waals surface area contributed by atoms with Gasteiger partial charge in [-0.25, -0.2) is 0 Å². The number of rotatable bonds is 5. The monoisotopic (exact) mass is 265 g/mol. The Morgan fingerprint density at radius 3 is 3.06 bits per heavy atom. The lowest BCUT2D eigenvalue weighted by Crippen LogP contribution is -2.27. The molecule has 0 spiro atoms. The van der Waals surface area contributed by atoms with Gasteiger partial charge >= 0.3 is 5.97 Å². The van der Waals surface area contributed by atoms with Gasteiger partial charge in [-0.15, -0.1) is 11.8 Å². The molecule has 18 heavy (non-hydrogen) atoms. The van der Waals surface area contributed by atoms with Crippen molar-refractivity contribution in [3.63, 3.8) is 0 Å². The highest BCUT2D eigenvalue weighted by Crippen LogP contribution is 2.25. The third kappa shape index (κ3) is 3.27. The summed E-state index contributed by atoms with van der Waals surface area (Å²) in [6, 6.07) is 8.19. The van der Waals surface area contributed by atoms with Crippen molar-refractivity contribution in [2.24, 2.45) is 11.8 Å². The van der Waals surface area contributed by atoms with Crippen LogP contribution < -0.4 is 5.32 Å². The third-order valence-corrected chi connectivity index (χ3v) is 4.30. The number of aliphatic carboxylic acids is 1. The molecular formula is C14H19NO2S. The van der Waals surface area contributed by atoms with Gasteiger partial charge in [0.1, 0.15) is 0 Å². The van der Waals surface area contributed by atoms with Gasteiger partial charge in [0.05, 0.1) is 5.92 Å². The van der Waals surface area contributed by atoms with E-state index in [1.165, 1.54) is 4.90 Å². The Labute approximate surface area is 112 Å². The van der Waals surface area contributed by atoms with Crippen LogP contribution in [0.25, 0.3) is 0 Å². The Kier molecular flexibility index (Phi) is 4.66. The normalized spacial score (nSPS) is 20.8. The largest absolute Gasteiger partial charge is 0.481 e. The average molecular weight is 265 g/mol. The zero-order valence-electron chi connectivity index (χ0n) is 10.6. The number of hydrogen-bond donors (Lipinski definition) is 2. The number of thioether (sulfide) groups is 1. The van der Waals surface area contributed by atoms with Crippen LogP contribution in [0.5, 0.6) is 0 Å². The second-order valence-corrected chi connectivity index (χ2v) is 5.63. The quantitative estimate of drug-likeness (QED) is 0.802. The summed E-state index contributed by atoms with van der Waals surface area (Å²) in [5.74, 6) is -0.671. The fourth-order valence-corrected chi connectivity index (χ4v) is 3.01. The molecule has 98 valence electrons. The third-order valence-electron chi connectivity index (χ3n) is 3.57. The molecule has 1 aliphatic rings. The highest BCUT2D eigenvalue weighted by Gasteiger charge is 2.30. The molecule has 0 aromatic heterocycles. The van der Waals surface area contributed by atoms with Crippen LogP contribution in [0.15, 0.2) is 29.2 Å². The van der Waals surface area contributed by atoms with E-state index in [9.17, 15) is 9.90 Å². The Morgan fingerprint density at radius 2 is 2.44 bits per heavy atom. The molecule has 2 atom stereocenters. The van der Waals surface area contributed by atoms with Gasteiger partial charge < -0.3 is 10.4 Å². The van der Waals surface area contributed by atoms with E-state index in [1.807, 2.05) is 18.4 Å². The first-order chi connectivity index (χ1) is 8.70. The molecule has 0 bridgehead atoms. The van der Waals surface area contributed by atoms with E-state index in [-0.39, 0.29) is 11.8 Å². The fourth-order valence-electron chi connectivity index (χ4n) is 2.53. The lowest BCUT2D eigenvalue weighted by molar-refractivity contribution is -0.143. The first kappa shape index (κ1) is 13.4. The molecule has 0 radical (unpaired) electrons. The van der Waals surface area contributed by atoms with Crippen molar-refractivity contribution < 1.29 is 9.90 Å². The van der Waals surface area contributed by atoms with Crippen LogP contribution in [0.2, 0.25) is 0 Å². The second-order valence-electron chi connectivity index (χ2n) is 4.75. The summed E-state index contributed by atoms with van der Waals surface area (Å²) in [5, 5.41) is 12.6. The van der Waals surface area contributed by atoms with Crippen molar-refractivity contribution >= 4 is 17.7 Å². The summed E-state index contributed by atoms with van der Waals surface area (Å²) in [7, 11) is 0. The molecule has 1 heterocycles. The fraction of sp³-hybridized carbons (Fsp3) is 0.500. The van der Waals surface area contributed by atoms with E-state index < -0.39 is 5.97 Å². The topological polar surface area (TPSA) is 49.3 Å². The standard InChI is InChI=1S/C14H19NO2S/c1-18-12-4-2-3-10(7-12)8-13(14(16)17)11-5-6-15-9-11/h2-4,7,11,13,15H,5-6,8-9H2,1H3,(H,16,17). The number of benzene rings is 1. The predicted octanol–water partition coefficient (Wildman–Crippen LogP) is 2.26. The van der Waals surface area contributed by atoms with Crippen LogP contribution in [-0.2, 0) is 11.2 Å². The Morgan fingerprint density at radius 1 is 1.61 bits per heavy atom. The molecule has 3 nitrogen and oxygen atoms in total. The summed E-state index contributed by atoms with van der Waals surface area (Å²) in [5.41, 5.74) is 1.13. The van der Waals surface area contributed by atoms with Crippen molar-refractivity contribution in [3.05, 3.63) is 29.8 Å². The molecule has 1 aromatic carbocycles. The van der Waals surface area contributed by atoms with Crippen molar-refractivity contribution in [2.75, 3.05) is 19.3 Å². The van der Waals surface area contributed by atoms with E-state index in [2.05, 4.69) is 17.4 Å². The molecule has 0 saturated carbocycles. The molecule has 1 fully saturated rings. The molecule has 4 heteroatoms. The molecule has 1 saturated heterocycles. The maximum atomic E-state index is 11.4. The van der Waals surface area contributed by atoms with Crippen LogP contribution in [0.4, 0.5) is 0 Å². The van der Waals surface area contributed by atoms with E-state index >= 15 is 0 Å². The zero-order valence-corrected chi connectivity index (χ0v) is 11.4. The van der Waals surface area contributed by atoms with Crippen LogP contribution >= 0.6 is 11.8 Å². The molecular weight excluding hydrogens is 246 g/mol. The Balaban J connectivity index is 2.10. The van der Waals surface area contributed by atoms with E-state index in [4.69, 9.17) is 0 Å². The SMILES string of the molecule is CSc1cccc(CC(C(=O)O)C2CCNC2)c1. The molecule has 1 aliphatic heterocycles. The van der Waals surface area contributed by atoms with Crippen LogP contribution in [0.3, 0.4) is 0 Å². The van der Waals surface area contributed by atoms with Crippen molar-refractivity contribution in [3.8, 4) is 0 Å². The zero-order chi connectivity index (χ0) is 13.0.